The number of nitrogens with zero attached hydrogens (tertiary/aromatic N) is 2. The number of carbonyl (C=O) groups is 3. The number of rotatable bonds is 7. The lowest BCUT2D eigenvalue weighted by atomic mass is 10.2. The molecule has 31 heavy (non-hydrogen) atoms. The number of amides is 3. The van der Waals surface area contributed by atoms with Crippen molar-refractivity contribution in [2.45, 2.75) is 52.6 Å². The van der Waals surface area contributed by atoms with Crippen LogP contribution in [-0.2, 0) is 14.3 Å². The lowest BCUT2D eigenvalue weighted by Crippen LogP contribution is -2.43. The van der Waals surface area contributed by atoms with Gasteiger partial charge in [-0.2, -0.15) is 0 Å². The van der Waals surface area contributed by atoms with Crippen LogP contribution in [0.2, 0.25) is 0 Å². The van der Waals surface area contributed by atoms with Gasteiger partial charge < -0.3 is 24.6 Å². The van der Waals surface area contributed by atoms with Crippen molar-refractivity contribution in [3.63, 3.8) is 0 Å². The smallest absolute Gasteiger partial charge is 0.408 e. The van der Waals surface area contributed by atoms with E-state index in [1.54, 1.807) is 30.6 Å². The van der Waals surface area contributed by atoms with E-state index in [0.717, 1.165) is 5.75 Å². The molecule has 0 radical (unpaired) electrons. The zero-order valence-corrected chi connectivity index (χ0v) is 19.1. The summed E-state index contributed by atoms with van der Waals surface area (Å²) in [6, 6.07) is 7.84. The molecule has 2 rings (SSSR count). The maximum Gasteiger partial charge on any atom is 0.408 e. The predicted octanol–water partition coefficient (Wildman–Crippen LogP) is 2.74. The molecule has 172 valence electrons. The van der Waals surface area contributed by atoms with Crippen LogP contribution in [0.25, 0.3) is 0 Å². The number of carbonyl (C=O) groups excluding carboxylic acids is 3. The Morgan fingerprint density at radius 3 is 2.19 bits per heavy atom. The van der Waals surface area contributed by atoms with E-state index in [1.807, 2.05) is 31.2 Å². The molecule has 0 saturated carbocycles. The van der Waals surface area contributed by atoms with E-state index in [1.165, 1.54) is 5.56 Å². The van der Waals surface area contributed by atoms with Crippen molar-refractivity contribution in [1.29, 1.82) is 0 Å². The number of ether oxygens (including phenoxy) is 2. The van der Waals surface area contributed by atoms with Gasteiger partial charge in [-0.25, -0.2) is 4.79 Å². The van der Waals surface area contributed by atoms with Crippen LogP contribution < -0.4 is 10.1 Å². The summed E-state index contributed by atoms with van der Waals surface area (Å²) in [5.41, 5.74) is 0.568. The second-order valence-corrected chi connectivity index (χ2v) is 8.74. The summed E-state index contributed by atoms with van der Waals surface area (Å²) < 4.78 is 10.8. The minimum atomic E-state index is -0.611. The monoisotopic (exact) mass is 433 g/mol. The summed E-state index contributed by atoms with van der Waals surface area (Å²) in [6.45, 7) is 9.85. The van der Waals surface area contributed by atoms with Crippen LogP contribution in [-0.4, -0.2) is 72.6 Å². The summed E-state index contributed by atoms with van der Waals surface area (Å²) in [6.07, 6.45) is 1.16. The van der Waals surface area contributed by atoms with E-state index in [9.17, 15) is 14.4 Å². The standard InChI is InChI=1S/C23H35N3O5/c1-18-8-10-19(11-9-18)30-16-5-7-20(27)25-12-6-13-26(15-14-25)21(28)17-24-22(29)31-23(2,3)4/h8-11H,5-7,12-17H2,1-4H3,(H,24,29). The molecule has 1 aliphatic rings. The third-order valence-corrected chi connectivity index (χ3v) is 4.81. The number of benzene rings is 1. The van der Waals surface area contributed by atoms with Crippen molar-refractivity contribution in [3.05, 3.63) is 29.8 Å². The lowest BCUT2D eigenvalue weighted by molar-refractivity contribution is -0.133. The number of aryl methyl sites for hydroxylation is 1. The summed E-state index contributed by atoms with van der Waals surface area (Å²) in [4.78, 5) is 40.1. The summed E-state index contributed by atoms with van der Waals surface area (Å²) >= 11 is 0. The molecule has 1 saturated heterocycles. The molecule has 0 aromatic heterocycles. The van der Waals surface area contributed by atoms with Crippen LogP contribution >= 0.6 is 0 Å². The fraction of sp³-hybridized carbons (Fsp3) is 0.609. The Bertz CT molecular complexity index is 743. The quantitative estimate of drug-likeness (QED) is 0.668. The highest BCUT2D eigenvalue weighted by Crippen LogP contribution is 2.12. The Labute approximate surface area is 184 Å². The topological polar surface area (TPSA) is 88.2 Å². The molecular formula is C23H35N3O5. The third kappa shape index (κ3) is 9.27. The minimum absolute atomic E-state index is 0.0775. The number of hydrogen-bond acceptors (Lipinski definition) is 5. The molecule has 1 aromatic carbocycles. The van der Waals surface area contributed by atoms with Crippen molar-refractivity contribution in [1.82, 2.24) is 15.1 Å². The Morgan fingerprint density at radius 1 is 0.968 bits per heavy atom. The van der Waals surface area contributed by atoms with E-state index in [4.69, 9.17) is 9.47 Å². The van der Waals surface area contributed by atoms with Gasteiger partial charge in [0.2, 0.25) is 11.8 Å². The van der Waals surface area contributed by atoms with Crippen LogP contribution in [0.1, 0.15) is 45.6 Å². The summed E-state index contributed by atoms with van der Waals surface area (Å²) in [5.74, 6) is 0.710. The normalized spacial score (nSPS) is 14.6. The fourth-order valence-electron chi connectivity index (χ4n) is 3.20. The van der Waals surface area contributed by atoms with E-state index in [-0.39, 0.29) is 18.4 Å². The van der Waals surface area contributed by atoms with E-state index < -0.39 is 11.7 Å². The molecule has 0 aliphatic carbocycles. The predicted molar refractivity (Wildman–Crippen MR) is 118 cm³/mol. The summed E-state index contributed by atoms with van der Waals surface area (Å²) in [5, 5.41) is 2.49. The molecule has 0 unspecified atom stereocenters. The van der Waals surface area contributed by atoms with Crippen LogP contribution in [0.3, 0.4) is 0 Å². The van der Waals surface area contributed by atoms with Crippen molar-refractivity contribution < 1.29 is 23.9 Å². The van der Waals surface area contributed by atoms with Gasteiger partial charge in [-0.1, -0.05) is 17.7 Å². The highest BCUT2D eigenvalue weighted by atomic mass is 16.6. The van der Waals surface area contributed by atoms with Crippen LogP contribution in [0.5, 0.6) is 5.75 Å². The molecule has 1 N–H and O–H groups in total. The van der Waals surface area contributed by atoms with E-state index in [2.05, 4.69) is 5.32 Å². The first kappa shape index (κ1) is 24.5. The maximum atomic E-state index is 12.5. The molecule has 8 nitrogen and oxygen atoms in total. The molecule has 1 fully saturated rings. The third-order valence-electron chi connectivity index (χ3n) is 4.81. The first-order valence-electron chi connectivity index (χ1n) is 10.9. The van der Waals surface area contributed by atoms with Gasteiger partial charge in [0.1, 0.15) is 17.9 Å². The number of alkyl carbamates (subject to hydrolysis) is 1. The van der Waals surface area contributed by atoms with E-state index >= 15 is 0 Å². The first-order chi connectivity index (χ1) is 14.6. The van der Waals surface area contributed by atoms with Gasteiger partial charge >= 0.3 is 6.09 Å². The van der Waals surface area contributed by atoms with Crippen molar-refractivity contribution >= 4 is 17.9 Å². The molecule has 8 heteroatoms. The van der Waals surface area contributed by atoms with E-state index in [0.29, 0.717) is 52.0 Å². The second-order valence-electron chi connectivity index (χ2n) is 8.74. The number of nitrogens with one attached hydrogen (secondary N) is 1. The molecule has 1 aromatic rings. The van der Waals surface area contributed by atoms with Crippen LogP contribution in [0.15, 0.2) is 24.3 Å². The minimum Gasteiger partial charge on any atom is -0.494 e. The molecule has 0 atom stereocenters. The first-order valence-corrected chi connectivity index (χ1v) is 10.9. The number of hydrogen-bond donors (Lipinski definition) is 1. The summed E-state index contributed by atoms with van der Waals surface area (Å²) in [7, 11) is 0. The molecule has 0 bridgehead atoms. The Kier molecular flexibility index (Phi) is 9.15. The zero-order valence-electron chi connectivity index (χ0n) is 19.1. The Morgan fingerprint density at radius 2 is 1.58 bits per heavy atom. The van der Waals surface area contributed by atoms with Gasteiger partial charge in [0, 0.05) is 32.6 Å². The zero-order chi connectivity index (χ0) is 22.9. The van der Waals surface area contributed by atoms with Gasteiger partial charge in [-0.05, 0) is 52.7 Å². The molecular weight excluding hydrogens is 398 g/mol. The largest absolute Gasteiger partial charge is 0.494 e. The van der Waals surface area contributed by atoms with Gasteiger partial charge in [-0.15, -0.1) is 0 Å². The highest BCUT2D eigenvalue weighted by molar-refractivity contribution is 5.82. The van der Waals surface area contributed by atoms with Gasteiger partial charge in [0.05, 0.1) is 6.61 Å². The Balaban J connectivity index is 1.67. The average Bonchev–Trinajstić information content (AvgIpc) is 2.96. The van der Waals surface area contributed by atoms with Crippen molar-refractivity contribution in [2.75, 3.05) is 39.3 Å². The Hall–Kier alpha value is -2.77. The molecule has 0 spiro atoms. The van der Waals surface area contributed by atoms with Gasteiger partial charge in [0.15, 0.2) is 0 Å². The lowest BCUT2D eigenvalue weighted by Gasteiger charge is -2.23. The SMILES string of the molecule is Cc1ccc(OCCCC(=O)N2CCCN(C(=O)CNC(=O)OC(C)(C)C)CC2)cc1. The molecule has 1 aliphatic heterocycles. The molecule has 3 amide bonds. The van der Waals surface area contributed by atoms with Crippen LogP contribution in [0, 0.1) is 6.92 Å². The van der Waals surface area contributed by atoms with Crippen LogP contribution in [0.4, 0.5) is 4.79 Å². The van der Waals surface area contributed by atoms with Crippen molar-refractivity contribution in [3.8, 4) is 5.75 Å². The maximum absolute atomic E-state index is 12.5. The molecule has 1 heterocycles. The van der Waals surface area contributed by atoms with Crippen molar-refractivity contribution in [2.24, 2.45) is 0 Å². The average molecular weight is 434 g/mol. The highest BCUT2D eigenvalue weighted by Gasteiger charge is 2.23. The van der Waals surface area contributed by atoms with Gasteiger partial charge in [0.25, 0.3) is 0 Å². The van der Waals surface area contributed by atoms with Gasteiger partial charge in [-0.3, -0.25) is 9.59 Å². The second kappa shape index (κ2) is 11.6. The fourth-order valence-corrected chi connectivity index (χ4v) is 3.20.